The Bertz CT molecular complexity index is 246. The van der Waals surface area contributed by atoms with E-state index in [4.69, 9.17) is 9.66 Å². The molecule has 0 aliphatic heterocycles. The molecular formula is C8H18O4S2. The third-order valence-corrected chi connectivity index (χ3v) is 4.22. The average molecular weight is 242 g/mol. The van der Waals surface area contributed by atoms with Crippen molar-refractivity contribution in [2.24, 2.45) is 5.41 Å². The summed E-state index contributed by atoms with van der Waals surface area (Å²) in [4.78, 5) is 0. The maximum Gasteiger partial charge on any atom is 0.265 e. The highest BCUT2D eigenvalue weighted by molar-refractivity contribution is 7.99. The van der Waals surface area contributed by atoms with Crippen LogP contribution in [0.15, 0.2) is 0 Å². The highest BCUT2D eigenvalue weighted by Crippen LogP contribution is 2.23. The smallest absolute Gasteiger partial charge is 0.265 e. The van der Waals surface area contributed by atoms with Gasteiger partial charge in [-0.05, 0) is 23.3 Å². The minimum absolute atomic E-state index is 0.158. The number of hydrogen-bond donors (Lipinski definition) is 2. The Balaban J connectivity index is 3.84. The second-order valence-corrected chi connectivity index (χ2v) is 6.58. The van der Waals surface area contributed by atoms with Crippen molar-refractivity contribution in [1.82, 2.24) is 0 Å². The Morgan fingerprint density at radius 1 is 1.36 bits per heavy atom. The molecule has 0 aliphatic carbocycles. The highest BCUT2D eigenvalue weighted by Gasteiger charge is 2.24. The molecule has 0 radical (unpaired) electrons. The molecule has 0 heterocycles. The van der Waals surface area contributed by atoms with Crippen LogP contribution in [0, 0.1) is 5.41 Å². The van der Waals surface area contributed by atoms with E-state index in [9.17, 15) is 8.42 Å². The van der Waals surface area contributed by atoms with E-state index in [1.165, 1.54) is 0 Å². The van der Waals surface area contributed by atoms with Crippen LogP contribution in [0.3, 0.4) is 0 Å². The monoisotopic (exact) mass is 242 g/mol. The van der Waals surface area contributed by atoms with Crippen LogP contribution in [-0.2, 0) is 10.1 Å². The fourth-order valence-electron chi connectivity index (χ4n) is 1.05. The van der Waals surface area contributed by atoms with Crippen molar-refractivity contribution >= 4 is 21.9 Å². The maximum absolute atomic E-state index is 10.6. The first-order valence-corrected chi connectivity index (χ1v) is 7.17. The lowest BCUT2D eigenvalue weighted by Crippen LogP contribution is -2.26. The molecule has 6 heteroatoms. The molecule has 0 bridgehead atoms. The van der Waals surface area contributed by atoms with Gasteiger partial charge in [0.15, 0.2) is 0 Å². The predicted molar refractivity (Wildman–Crippen MR) is 59.2 cm³/mol. The lowest BCUT2D eigenvalue weighted by Gasteiger charge is -2.21. The molecular weight excluding hydrogens is 224 g/mol. The summed E-state index contributed by atoms with van der Waals surface area (Å²) in [6, 6.07) is 0. The minimum atomic E-state index is -3.89. The van der Waals surface area contributed by atoms with Gasteiger partial charge in [0.05, 0.1) is 5.75 Å². The van der Waals surface area contributed by atoms with Crippen LogP contribution in [0.5, 0.6) is 0 Å². The zero-order valence-electron chi connectivity index (χ0n) is 8.56. The van der Waals surface area contributed by atoms with E-state index in [0.29, 0.717) is 12.2 Å². The lowest BCUT2D eigenvalue weighted by molar-refractivity contribution is 0.296. The Hall–Kier alpha value is 0.220. The van der Waals surface area contributed by atoms with E-state index < -0.39 is 15.5 Å². The molecule has 0 amide bonds. The largest absolute Gasteiger partial charge is 0.396 e. The minimum Gasteiger partial charge on any atom is -0.396 e. The Kier molecular flexibility index (Phi) is 6.04. The summed E-state index contributed by atoms with van der Waals surface area (Å²) in [7, 11) is -3.89. The van der Waals surface area contributed by atoms with Crippen molar-refractivity contribution in [3.8, 4) is 0 Å². The van der Waals surface area contributed by atoms with Crippen molar-refractivity contribution < 1.29 is 18.1 Å². The van der Waals surface area contributed by atoms with Gasteiger partial charge >= 0.3 is 0 Å². The number of rotatable bonds is 7. The predicted octanol–water partition coefficient (Wildman–Crippen LogP) is 1.02. The van der Waals surface area contributed by atoms with Gasteiger partial charge in [0.25, 0.3) is 10.1 Å². The fourth-order valence-corrected chi connectivity index (χ4v) is 3.40. The molecule has 0 fully saturated rings. The zero-order chi connectivity index (χ0) is 11.2. The molecule has 4 nitrogen and oxygen atoms in total. The first-order chi connectivity index (χ1) is 6.27. The maximum atomic E-state index is 10.6. The third-order valence-electron chi connectivity index (χ3n) is 1.51. The molecule has 0 aromatic heterocycles. The summed E-state index contributed by atoms with van der Waals surface area (Å²) >= 11 is 1.59. The van der Waals surface area contributed by atoms with E-state index in [2.05, 4.69) is 0 Å². The van der Waals surface area contributed by atoms with Gasteiger partial charge < -0.3 is 5.11 Å². The molecule has 0 spiro atoms. The topological polar surface area (TPSA) is 74.6 Å². The van der Waals surface area contributed by atoms with Gasteiger partial charge in [0, 0.05) is 6.61 Å². The van der Waals surface area contributed by atoms with Crippen molar-refractivity contribution in [3.63, 3.8) is 0 Å². The van der Waals surface area contributed by atoms with Crippen LogP contribution in [0.2, 0.25) is 0 Å². The summed E-state index contributed by atoms with van der Waals surface area (Å²) in [6.45, 7) is 3.76. The summed E-state index contributed by atoms with van der Waals surface area (Å²) in [5.74, 6) is 1.25. The van der Waals surface area contributed by atoms with Gasteiger partial charge in [0.2, 0.25) is 0 Å². The Labute approximate surface area is 89.8 Å². The van der Waals surface area contributed by atoms with Gasteiger partial charge in [-0.3, -0.25) is 4.55 Å². The van der Waals surface area contributed by atoms with Gasteiger partial charge in [-0.25, -0.2) is 0 Å². The summed E-state index contributed by atoms with van der Waals surface area (Å²) in [5.41, 5.74) is -0.423. The van der Waals surface area contributed by atoms with Crippen molar-refractivity contribution in [2.45, 2.75) is 20.3 Å². The molecule has 0 rings (SSSR count). The van der Waals surface area contributed by atoms with Gasteiger partial charge in [-0.15, -0.1) is 0 Å². The molecule has 0 unspecified atom stereocenters. The van der Waals surface area contributed by atoms with E-state index in [1.54, 1.807) is 25.6 Å². The first kappa shape index (κ1) is 14.2. The molecule has 2 N–H and O–H groups in total. The van der Waals surface area contributed by atoms with Crippen LogP contribution in [0.25, 0.3) is 0 Å². The molecule has 0 aromatic rings. The standard InChI is InChI=1S/C8H18O4S2/c1-8(2,7-14(10,11)12)6-13-5-3-4-9/h9H,3-7H2,1-2H3,(H,10,11,12). The van der Waals surface area contributed by atoms with E-state index in [1.807, 2.05) is 0 Å². The quantitative estimate of drug-likeness (QED) is 0.515. The Morgan fingerprint density at radius 2 is 1.93 bits per heavy atom. The summed E-state index contributed by atoms with van der Waals surface area (Å²) < 4.78 is 30.0. The van der Waals surface area contributed by atoms with Crippen LogP contribution in [0.4, 0.5) is 0 Å². The van der Waals surface area contributed by atoms with E-state index >= 15 is 0 Å². The molecule has 0 saturated heterocycles. The summed E-state index contributed by atoms with van der Waals surface area (Å²) in [6.07, 6.45) is 0.715. The number of aliphatic hydroxyl groups is 1. The van der Waals surface area contributed by atoms with Crippen LogP contribution in [-0.4, -0.2) is 41.9 Å². The molecule has 0 atom stereocenters. The van der Waals surface area contributed by atoms with Gasteiger partial charge in [0.1, 0.15) is 0 Å². The fraction of sp³-hybridized carbons (Fsp3) is 1.00. The molecule has 86 valence electrons. The molecule has 0 aromatic carbocycles. The van der Waals surface area contributed by atoms with Crippen LogP contribution < -0.4 is 0 Å². The number of thioether (sulfide) groups is 1. The molecule has 0 aliphatic rings. The van der Waals surface area contributed by atoms with E-state index in [0.717, 1.165) is 5.75 Å². The zero-order valence-corrected chi connectivity index (χ0v) is 10.2. The van der Waals surface area contributed by atoms with E-state index in [-0.39, 0.29) is 12.4 Å². The number of hydrogen-bond acceptors (Lipinski definition) is 4. The third kappa shape index (κ3) is 8.80. The second-order valence-electron chi connectivity index (χ2n) is 4.02. The Morgan fingerprint density at radius 3 is 2.36 bits per heavy atom. The second kappa shape index (κ2) is 5.95. The first-order valence-electron chi connectivity index (χ1n) is 4.41. The number of aliphatic hydroxyl groups excluding tert-OH is 1. The van der Waals surface area contributed by atoms with Crippen molar-refractivity contribution in [1.29, 1.82) is 0 Å². The molecule has 14 heavy (non-hydrogen) atoms. The van der Waals surface area contributed by atoms with Gasteiger partial charge in [-0.2, -0.15) is 20.2 Å². The van der Waals surface area contributed by atoms with Crippen LogP contribution in [0.1, 0.15) is 20.3 Å². The van der Waals surface area contributed by atoms with Crippen molar-refractivity contribution in [3.05, 3.63) is 0 Å². The SMILES string of the molecule is CC(C)(CSCCCO)CS(=O)(=O)O. The van der Waals surface area contributed by atoms with Gasteiger partial charge in [-0.1, -0.05) is 13.8 Å². The lowest BCUT2D eigenvalue weighted by atomic mass is 10.0. The summed E-state index contributed by atoms with van der Waals surface area (Å²) in [5, 5.41) is 8.53. The highest BCUT2D eigenvalue weighted by atomic mass is 32.2. The average Bonchev–Trinajstić information content (AvgIpc) is 1.93. The normalized spacial score (nSPS) is 13.1. The van der Waals surface area contributed by atoms with Crippen molar-refractivity contribution in [2.75, 3.05) is 23.9 Å². The van der Waals surface area contributed by atoms with Crippen LogP contribution >= 0.6 is 11.8 Å². The molecule has 0 saturated carbocycles.